The molecule has 0 radical (unpaired) electrons. The van der Waals surface area contributed by atoms with Crippen LogP contribution in [0, 0.1) is 11.3 Å². The fraction of sp³-hybridized carbons (Fsp3) is 0.194. The first kappa shape index (κ1) is 26.1. The number of ether oxygens (including phenoxy) is 3. The first-order valence-electron chi connectivity index (χ1n) is 12.4. The number of ketones is 1. The Morgan fingerprint density at radius 3 is 2.51 bits per heavy atom. The zero-order valence-electron chi connectivity index (χ0n) is 21.6. The molecule has 8 heteroatoms. The van der Waals surface area contributed by atoms with Crippen LogP contribution in [-0.4, -0.2) is 25.5 Å². The number of methoxy groups -OCH3 is 1. The highest BCUT2D eigenvalue weighted by atomic mass is 35.5. The minimum atomic E-state index is -0.751. The highest BCUT2D eigenvalue weighted by molar-refractivity contribution is 6.32. The molecule has 3 aromatic rings. The normalized spacial score (nSPS) is 15.8. The number of dihydropyridines is 1. The van der Waals surface area contributed by atoms with Gasteiger partial charge in [0.15, 0.2) is 17.3 Å². The lowest BCUT2D eigenvalue weighted by atomic mass is 9.79. The molecule has 1 N–H and O–H groups in total. The minimum absolute atomic E-state index is 0.103. The number of fused-ring (bicyclic) bond motifs is 2. The van der Waals surface area contributed by atoms with Gasteiger partial charge in [-0.1, -0.05) is 54.1 Å². The number of nitrogens with one attached hydrogen (secondary N) is 1. The van der Waals surface area contributed by atoms with Crippen molar-refractivity contribution in [3.8, 4) is 17.6 Å². The molecule has 7 nitrogen and oxygen atoms in total. The number of nitriles is 1. The lowest BCUT2D eigenvalue weighted by molar-refractivity contribution is -0.136. The lowest BCUT2D eigenvalue weighted by Crippen LogP contribution is -2.29. The molecule has 0 saturated carbocycles. The summed E-state index contributed by atoms with van der Waals surface area (Å²) in [7, 11) is 1.31. The zero-order chi connectivity index (χ0) is 27.7. The van der Waals surface area contributed by atoms with E-state index in [9.17, 15) is 14.9 Å². The van der Waals surface area contributed by atoms with Crippen molar-refractivity contribution >= 4 is 29.1 Å². The van der Waals surface area contributed by atoms with Gasteiger partial charge in [0.05, 0.1) is 41.6 Å². The van der Waals surface area contributed by atoms with E-state index in [-0.39, 0.29) is 17.4 Å². The SMILES string of the molecule is CCOc1cc([C@H]2C(C(=O)OC)=C(C)NC3=C2C(=O)c2ccccc23)cc(Cl)c1OCc1ccccc1C#N. The van der Waals surface area contributed by atoms with E-state index in [4.69, 9.17) is 25.8 Å². The Hall–Kier alpha value is -4.54. The molecule has 0 fully saturated rings. The Balaban J connectivity index is 1.62. The zero-order valence-corrected chi connectivity index (χ0v) is 22.4. The molecule has 0 aromatic heterocycles. The standard InChI is InChI=1S/C31H25ClN2O5/c1-4-38-24-14-20(13-23(32)30(24)39-16-19-10-6-5-9-18(19)15-33)26-25(31(36)37-3)17(2)34-28-21-11-7-8-12-22(21)29(35)27(26)28/h5-14,26,34H,4,16H2,1-3H3/t26-/m0/s1. The van der Waals surface area contributed by atoms with Crippen LogP contribution < -0.4 is 14.8 Å². The highest BCUT2D eigenvalue weighted by Crippen LogP contribution is 2.49. The number of rotatable bonds is 7. The Kier molecular flexibility index (Phi) is 7.14. The van der Waals surface area contributed by atoms with E-state index < -0.39 is 11.9 Å². The van der Waals surface area contributed by atoms with Crippen molar-refractivity contribution in [2.75, 3.05) is 13.7 Å². The summed E-state index contributed by atoms with van der Waals surface area (Å²) >= 11 is 6.78. The summed E-state index contributed by atoms with van der Waals surface area (Å²) < 4.78 is 17.1. The average molecular weight is 541 g/mol. The summed E-state index contributed by atoms with van der Waals surface area (Å²) in [6.45, 7) is 4.05. The third-order valence-electron chi connectivity index (χ3n) is 6.83. The first-order valence-corrected chi connectivity index (χ1v) is 12.8. The molecule has 39 heavy (non-hydrogen) atoms. The smallest absolute Gasteiger partial charge is 0.336 e. The topological polar surface area (TPSA) is 97.7 Å². The number of allylic oxidation sites excluding steroid dienone is 2. The summed E-state index contributed by atoms with van der Waals surface area (Å²) in [5.41, 5.74) is 5.12. The molecule has 0 spiro atoms. The molecule has 2 aliphatic rings. The van der Waals surface area contributed by atoms with Gasteiger partial charge in [-0.15, -0.1) is 0 Å². The maximum atomic E-state index is 13.7. The van der Waals surface area contributed by atoms with E-state index in [0.29, 0.717) is 62.9 Å². The van der Waals surface area contributed by atoms with Gasteiger partial charge in [-0.05, 0) is 37.6 Å². The number of benzene rings is 3. The molecule has 5 rings (SSSR count). The van der Waals surface area contributed by atoms with Crippen LogP contribution in [0.5, 0.6) is 11.5 Å². The Morgan fingerprint density at radius 1 is 1.08 bits per heavy atom. The van der Waals surface area contributed by atoms with Crippen molar-refractivity contribution in [3.05, 3.63) is 110 Å². The van der Waals surface area contributed by atoms with Gasteiger partial charge in [0, 0.05) is 33.9 Å². The second kappa shape index (κ2) is 10.7. The van der Waals surface area contributed by atoms with Crippen LogP contribution in [0.2, 0.25) is 5.02 Å². The number of halogens is 1. The van der Waals surface area contributed by atoms with E-state index in [2.05, 4.69) is 11.4 Å². The predicted octanol–water partition coefficient (Wildman–Crippen LogP) is 5.93. The molecular formula is C31H25ClN2O5. The Bertz CT molecular complexity index is 1620. The fourth-order valence-corrected chi connectivity index (χ4v) is 5.38. The number of hydrogen-bond donors (Lipinski definition) is 1. The molecule has 1 atom stereocenters. The van der Waals surface area contributed by atoms with Crippen molar-refractivity contribution in [2.45, 2.75) is 26.4 Å². The predicted molar refractivity (Wildman–Crippen MR) is 146 cm³/mol. The van der Waals surface area contributed by atoms with Crippen LogP contribution in [0.4, 0.5) is 0 Å². The van der Waals surface area contributed by atoms with Gasteiger partial charge in [0.2, 0.25) is 0 Å². The molecule has 1 heterocycles. The maximum absolute atomic E-state index is 13.7. The fourth-order valence-electron chi connectivity index (χ4n) is 5.11. The van der Waals surface area contributed by atoms with E-state index >= 15 is 0 Å². The van der Waals surface area contributed by atoms with Crippen LogP contribution in [0.3, 0.4) is 0 Å². The minimum Gasteiger partial charge on any atom is -0.490 e. The van der Waals surface area contributed by atoms with Gasteiger partial charge in [-0.3, -0.25) is 4.79 Å². The highest BCUT2D eigenvalue weighted by Gasteiger charge is 2.43. The molecule has 0 bridgehead atoms. The molecule has 1 aliphatic carbocycles. The largest absolute Gasteiger partial charge is 0.490 e. The maximum Gasteiger partial charge on any atom is 0.336 e. The summed E-state index contributed by atoms with van der Waals surface area (Å²) in [5, 5.41) is 12.9. The van der Waals surface area contributed by atoms with Crippen molar-refractivity contribution in [1.29, 1.82) is 5.26 Å². The number of Topliss-reactive ketones (excluding diaryl/α,β-unsaturated/α-hetero) is 1. The van der Waals surface area contributed by atoms with E-state index in [1.165, 1.54) is 7.11 Å². The van der Waals surface area contributed by atoms with Crippen LogP contribution in [-0.2, 0) is 16.1 Å². The van der Waals surface area contributed by atoms with Gasteiger partial charge in [-0.25, -0.2) is 4.79 Å². The van der Waals surface area contributed by atoms with Crippen molar-refractivity contribution in [3.63, 3.8) is 0 Å². The Morgan fingerprint density at radius 2 is 1.79 bits per heavy atom. The number of carbonyl (C=O) groups is 2. The number of carbonyl (C=O) groups excluding carboxylic acids is 2. The monoisotopic (exact) mass is 540 g/mol. The summed E-state index contributed by atoms with van der Waals surface area (Å²) in [5.74, 6) is -0.810. The molecular weight excluding hydrogens is 516 g/mol. The summed E-state index contributed by atoms with van der Waals surface area (Å²) in [6, 6.07) is 20.1. The van der Waals surface area contributed by atoms with Crippen LogP contribution in [0.1, 0.15) is 52.4 Å². The Labute approximate surface area is 231 Å². The number of nitrogens with zero attached hydrogens (tertiary/aromatic N) is 1. The summed E-state index contributed by atoms with van der Waals surface area (Å²) in [4.78, 5) is 26.7. The third-order valence-corrected chi connectivity index (χ3v) is 7.11. The lowest BCUT2D eigenvalue weighted by Gasteiger charge is -2.29. The van der Waals surface area contributed by atoms with Gasteiger partial charge in [-0.2, -0.15) is 5.26 Å². The number of hydrogen-bond acceptors (Lipinski definition) is 7. The number of esters is 1. The molecule has 1 aliphatic heterocycles. The molecule has 0 unspecified atom stereocenters. The van der Waals surface area contributed by atoms with Crippen molar-refractivity contribution in [2.24, 2.45) is 0 Å². The van der Waals surface area contributed by atoms with Crippen LogP contribution in [0.25, 0.3) is 5.70 Å². The van der Waals surface area contributed by atoms with Gasteiger partial charge in [0.25, 0.3) is 0 Å². The second-order valence-corrected chi connectivity index (χ2v) is 9.48. The summed E-state index contributed by atoms with van der Waals surface area (Å²) in [6.07, 6.45) is 0. The third kappa shape index (κ3) is 4.53. The molecule has 0 saturated heterocycles. The second-order valence-electron chi connectivity index (χ2n) is 9.07. The van der Waals surface area contributed by atoms with Crippen LogP contribution in [0.15, 0.2) is 77.5 Å². The van der Waals surface area contributed by atoms with E-state index in [1.807, 2.05) is 37.3 Å². The van der Waals surface area contributed by atoms with Gasteiger partial charge >= 0.3 is 5.97 Å². The van der Waals surface area contributed by atoms with Gasteiger partial charge < -0.3 is 19.5 Å². The first-order chi connectivity index (χ1) is 18.9. The average Bonchev–Trinajstić information content (AvgIpc) is 3.22. The van der Waals surface area contributed by atoms with E-state index in [0.717, 1.165) is 5.56 Å². The molecule has 0 amide bonds. The van der Waals surface area contributed by atoms with Crippen molar-refractivity contribution < 1.29 is 23.8 Å². The van der Waals surface area contributed by atoms with Crippen LogP contribution >= 0.6 is 11.6 Å². The molecule has 3 aromatic carbocycles. The van der Waals surface area contributed by atoms with Crippen molar-refractivity contribution in [1.82, 2.24) is 5.32 Å². The van der Waals surface area contributed by atoms with E-state index in [1.54, 1.807) is 37.3 Å². The quantitative estimate of drug-likeness (QED) is 0.371. The molecule has 196 valence electrons. The van der Waals surface area contributed by atoms with Gasteiger partial charge in [0.1, 0.15) is 6.61 Å².